The van der Waals surface area contributed by atoms with Gasteiger partial charge in [-0.05, 0) is 29.8 Å². The Morgan fingerprint density at radius 2 is 1.50 bits per heavy atom. The van der Waals surface area contributed by atoms with Crippen LogP contribution in [-0.2, 0) is 4.79 Å². The molecule has 0 unspecified atom stereocenters. The maximum atomic E-state index is 12.3. The fraction of sp³-hybridized carbons (Fsp3) is 0.235. The smallest absolute Gasteiger partial charge is 0.229 e. The molecule has 0 spiro atoms. The van der Waals surface area contributed by atoms with Gasteiger partial charge in [0.2, 0.25) is 5.91 Å². The number of carbonyl (C=O) groups is 1. The van der Waals surface area contributed by atoms with Gasteiger partial charge in [0.05, 0.1) is 15.7 Å². The minimum atomic E-state index is -0.511. The Labute approximate surface area is 145 Å². The lowest BCUT2D eigenvalue weighted by Gasteiger charge is -2.20. The van der Waals surface area contributed by atoms with Crippen molar-refractivity contribution in [1.82, 2.24) is 0 Å². The summed E-state index contributed by atoms with van der Waals surface area (Å²) >= 11 is 18.1. The number of benzene rings is 2. The zero-order chi connectivity index (χ0) is 16.5. The minimum absolute atomic E-state index is 0.0962. The molecule has 0 aliphatic heterocycles. The Morgan fingerprint density at radius 3 is 2.05 bits per heavy atom. The lowest BCUT2D eigenvalue weighted by atomic mass is 9.95. The van der Waals surface area contributed by atoms with Gasteiger partial charge in [0.15, 0.2) is 0 Å². The van der Waals surface area contributed by atoms with Gasteiger partial charge in [0.25, 0.3) is 0 Å². The van der Waals surface area contributed by atoms with Crippen LogP contribution in [0.2, 0.25) is 15.1 Å². The highest BCUT2D eigenvalue weighted by Crippen LogP contribution is 2.36. The quantitative estimate of drug-likeness (QED) is 0.672. The summed E-state index contributed by atoms with van der Waals surface area (Å²) in [6.45, 7) is 5.55. The molecule has 22 heavy (non-hydrogen) atoms. The van der Waals surface area contributed by atoms with Crippen molar-refractivity contribution in [2.45, 2.75) is 20.8 Å². The van der Waals surface area contributed by atoms with Crippen molar-refractivity contribution in [3.63, 3.8) is 0 Å². The number of nitrogens with one attached hydrogen (secondary N) is 1. The minimum Gasteiger partial charge on any atom is -0.325 e. The van der Waals surface area contributed by atoms with E-state index >= 15 is 0 Å². The molecule has 5 heteroatoms. The van der Waals surface area contributed by atoms with Crippen LogP contribution in [0.5, 0.6) is 0 Å². The van der Waals surface area contributed by atoms with Crippen molar-refractivity contribution in [3.8, 4) is 11.1 Å². The van der Waals surface area contributed by atoms with Crippen molar-refractivity contribution in [3.05, 3.63) is 51.5 Å². The first-order valence-electron chi connectivity index (χ1n) is 6.75. The van der Waals surface area contributed by atoms with E-state index in [1.165, 1.54) is 0 Å². The third-order valence-electron chi connectivity index (χ3n) is 3.15. The average molecular weight is 357 g/mol. The standard InChI is InChI=1S/C17H16Cl3NO/c1-17(2,3)16(22)21-15-9-14(20)13(19)8-12(15)10-4-6-11(18)7-5-10/h4-9H,1-3H3,(H,21,22). The highest BCUT2D eigenvalue weighted by atomic mass is 35.5. The normalized spacial score (nSPS) is 11.4. The zero-order valence-corrected chi connectivity index (χ0v) is 14.8. The molecule has 0 atom stereocenters. The maximum Gasteiger partial charge on any atom is 0.229 e. The van der Waals surface area contributed by atoms with Crippen LogP contribution >= 0.6 is 34.8 Å². The predicted octanol–water partition coefficient (Wildman–Crippen LogP) is 6.30. The molecule has 116 valence electrons. The lowest BCUT2D eigenvalue weighted by molar-refractivity contribution is -0.123. The molecule has 2 nitrogen and oxygen atoms in total. The van der Waals surface area contributed by atoms with Crippen molar-refractivity contribution in [2.75, 3.05) is 5.32 Å². The van der Waals surface area contributed by atoms with E-state index < -0.39 is 5.41 Å². The average Bonchev–Trinajstić information content (AvgIpc) is 2.42. The summed E-state index contributed by atoms with van der Waals surface area (Å²) < 4.78 is 0. The van der Waals surface area contributed by atoms with Gasteiger partial charge in [0, 0.05) is 16.0 Å². The largest absolute Gasteiger partial charge is 0.325 e. The summed E-state index contributed by atoms with van der Waals surface area (Å²) in [5, 5.41) is 4.38. The van der Waals surface area contributed by atoms with Crippen molar-refractivity contribution in [1.29, 1.82) is 0 Å². The Balaban J connectivity index is 2.50. The van der Waals surface area contributed by atoms with Crippen LogP contribution in [0.25, 0.3) is 11.1 Å². The molecule has 2 aromatic carbocycles. The molecule has 0 aliphatic rings. The van der Waals surface area contributed by atoms with Gasteiger partial charge in [-0.25, -0.2) is 0 Å². The topological polar surface area (TPSA) is 29.1 Å². The first-order chi connectivity index (χ1) is 10.2. The number of rotatable bonds is 2. The third kappa shape index (κ3) is 3.95. The van der Waals surface area contributed by atoms with E-state index in [0.717, 1.165) is 11.1 Å². The highest BCUT2D eigenvalue weighted by molar-refractivity contribution is 6.42. The monoisotopic (exact) mass is 355 g/mol. The second-order valence-corrected chi connectivity index (χ2v) is 7.27. The molecule has 0 aliphatic carbocycles. The molecule has 0 saturated carbocycles. The summed E-state index contributed by atoms with van der Waals surface area (Å²) in [5.74, 6) is -0.0962. The molecule has 2 rings (SSSR count). The molecular weight excluding hydrogens is 341 g/mol. The van der Waals surface area contributed by atoms with Crippen LogP contribution in [0.15, 0.2) is 36.4 Å². The van der Waals surface area contributed by atoms with Gasteiger partial charge >= 0.3 is 0 Å². The Bertz CT molecular complexity index is 703. The molecule has 1 N–H and O–H groups in total. The molecule has 2 aromatic rings. The molecule has 0 radical (unpaired) electrons. The van der Waals surface area contributed by atoms with Gasteiger partial charge < -0.3 is 5.32 Å². The van der Waals surface area contributed by atoms with Crippen molar-refractivity contribution >= 4 is 46.4 Å². The number of amides is 1. The van der Waals surface area contributed by atoms with Crippen LogP contribution < -0.4 is 5.32 Å². The van der Waals surface area contributed by atoms with E-state index in [2.05, 4.69) is 5.32 Å². The number of carbonyl (C=O) groups excluding carboxylic acids is 1. The first-order valence-corrected chi connectivity index (χ1v) is 7.88. The van der Waals surface area contributed by atoms with Gasteiger partial charge in [-0.3, -0.25) is 4.79 Å². The van der Waals surface area contributed by atoms with E-state index in [0.29, 0.717) is 20.8 Å². The summed E-state index contributed by atoms with van der Waals surface area (Å²) in [4.78, 5) is 12.3. The van der Waals surface area contributed by atoms with E-state index in [-0.39, 0.29) is 5.91 Å². The number of halogens is 3. The summed E-state index contributed by atoms with van der Waals surface area (Å²) in [7, 11) is 0. The van der Waals surface area contributed by atoms with E-state index in [4.69, 9.17) is 34.8 Å². The molecule has 1 amide bonds. The summed E-state index contributed by atoms with van der Waals surface area (Å²) in [6, 6.07) is 10.7. The molecule has 0 bridgehead atoms. The molecule has 0 saturated heterocycles. The predicted molar refractivity (Wildman–Crippen MR) is 95.0 cm³/mol. The SMILES string of the molecule is CC(C)(C)C(=O)Nc1cc(Cl)c(Cl)cc1-c1ccc(Cl)cc1. The second-order valence-electron chi connectivity index (χ2n) is 6.02. The van der Waals surface area contributed by atoms with Crippen molar-refractivity contribution < 1.29 is 4.79 Å². The molecule has 0 fully saturated rings. The fourth-order valence-corrected chi connectivity index (χ4v) is 2.28. The molecule has 0 aromatic heterocycles. The van der Waals surface area contributed by atoms with Gasteiger partial charge in [-0.2, -0.15) is 0 Å². The number of anilines is 1. The highest BCUT2D eigenvalue weighted by Gasteiger charge is 2.22. The van der Waals surface area contributed by atoms with E-state index in [1.807, 2.05) is 32.9 Å². The van der Waals surface area contributed by atoms with E-state index in [1.54, 1.807) is 24.3 Å². The molecular formula is C17H16Cl3NO. The van der Waals surface area contributed by atoms with Gasteiger partial charge in [-0.1, -0.05) is 67.7 Å². The zero-order valence-electron chi connectivity index (χ0n) is 12.5. The maximum absolute atomic E-state index is 12.3. The number of hydrogen-bond acceptors (Lipinski definition) is 1. The second kappa shape index (κ2) is 6.49. The van der Waals surface area contributed by atoms with Crippen LogP contribution in [0.3, 0.4) is 0 Å². The van der Waals surface area contributed by atoms with Gasteiger partial charge in [-0.15, -0.1) is 0 Å². The van der Waals surface area contributed by atoms with Crippen LogP contribution in [-0.4, -0.2) is 5.91 Å². The summed E-state index contributed by atoms with van der Waals surface area (Å²) in [5.41, 5.74) is 1.80. The summed E-state index contributed by atoms with van der Waals surface area (Å²) in [6.07, 6.45) is 0. The fourth-order valence-electron chi connectivity index (χ4n) is 1.83. The molecule has 0 heterocycles. The third-order valence-corrected chi connectivity index (χ3v) is 4.12. The first kappa shape index (κ1) is 17.1. The van der Waals surface area contributed by atoms with Crippen molar-refractivity contribution in [2.24, 2.45) is 5.41 Å². The Morgan fingerprint density at radius 1 is 0.955 bits per heavy atom. The Hall–Kier alpha value is -1.22. The van der Waals surface area contributed by atoms with Gasteiger partial charge in [0.1, 0.15) is 0 Å². The Kier molecular flexibility index (Phi) is 5.06. The number of hydrogen-bond donors (Lipinski definition) is 1. The van der Waals surface area contributed by atoms with E-state index in [9.17, 15) is 4.79 Å². The van der Waals surface area contributed by atoms with Crippen LogP contribution in [0, 0.1) is 5.41 Å². The lowest BCUT2D eigenvalue weighted by Crippen LogP contribution is -2.27. The van der Waals surface area contributed by atoms with Crippen LogP contribution in [0.4, 0.5) is 5.69 Å². The van der Waals surface area contributed by atoms with Crippen LogP contribution in [0.1, 0.15) is 20.8 Å².